The standard InChI is InChI=1S/C16H13ClFN3/c17-13-5-6-14(18)12(9-13)10-20-15-3-1-2-4-16(15)21-8-7-19-11-21/h1-9,11,20H,10H2. The van der Waals surface area contributed by atoms with Crippen molar-refractivity contribution in [2.24, 2.45) is 0 Å². The molecule has 0 aliphatic carbocycles. The minimum atomic E-state index is -0.271. The fourth-order valence-electron chi connectivity index (χ4n) is 2.12. The number of benzene rings is 2. The lowest BCUT2D eigenvalue weighted by Gasteiger charge is -2.13. The van der Waals surface area contributed by atoms with Gasteiger partial charge in [-0.3, -0.25) is 0 Å². The lowest BCUT2D eigenvalue weighted by molar-refractivity contribution is 0.613. The van der Waals surface area contributed by atoms with Crippen LogP contribution in [0.5, 0.6) is 0 Å². The third-order valence-corrected chi connectivity index (χ3v) is 3.40. The Labute approximate surface area is 127 Å². The van der Waals surface area contributed by atoms with E-state index in [1.807, 2.05) is 35.0 Å². The van der Waals surface area contributed by atoms with Gasteiger partial charge in [0, 0.05) is 29.5 Å². The van der Waals surface area contributed by atoms with E-state index in [-0.39, 0.29) is 5.82 Å². The molecule has 0 spiro atoms. The maximum atomic E-state index is 13.7. The molecule has 1 heterocycles. The molecule has 0 amide bonds. The van der Waals surface area contributed by atoms with Gasteiger partial charge in [-0.1, -0.05) is 23.7 Å². The molecule has 0 fully saturated rings. The van der Waals surface area contributed by atoms with Crippen molar-refractivity contribution in [1.82, 2.24) is 9.55 Å². The van der Waals surface area contributed by atoms with E-state index in [9.17, 15) is 4.39 Å². The van der Waals surface area contributed by atoms with Gasteiger partial charge in [-0.25, -0.2) is 9.37 Å². The van der Waals surface area contributed by atoms with Gasteiger partial charge in [-0.05, 0) is 30.3 Å². The first kappa shape index (κ1) is 13.6. The molecule has 0 atom stereocenters. The lowest BCUT2D eigenvalue weighted by atomic mass is 10.2. The summed E-state index contributed by atoms with van der Waals surface area (Å²) in [5.74, 6) is -0.271. The zero-order chi connectivity index (χ0) is 14.7. The molecule has 106 valence electrons. The molecule has 0 aliphatic heterocycles. The van der Waals surface area contributed by atoms with Gasteiger partial charge in [0.1, 0.15) is 5.82 Å². The van der Waals surface area contributed by atoms with Crippen LogP contribution in [-0.4, -0.2) is 9.55 Å². The van der Waals surface area contributed by atoms with Crippen molar-refractivity contribution >= 4 is 17.3 Å². The Kier molecular flexibility index (Phi) is 3.88. The van der Waals surface area contributed by atoms with E-state index in [1.54, 1.807) is 24.7 Å². The Hall–Kier alpha value is -2.33. The number of imidazole rings is 1. The highest BCUT2D eigenvalue weighted by molar-refractivity contribution is 6.30. The smallest absolute Gasteiger partial charge is 0.128 e. The summed E-state index contributed by atoms with van der Waals surface area (Å²) < 4.78 is 15.6. The molecule has 2 aromatic carbocycles. The van der Waals surface area contributed by atoms with Crippen molar-refractivity contribution in [2.75, 3.05) is 5.32 Å². The number of nitrogens with zero attached hydrogens (tertiary/aromatic N) is 2. The second-order valence-corrected chi connectivity index (χ2v) is 5.01. The van der Waals surface area contributed by atoms with Gasteiger partial charge >= 0.3 is 0 Å². The molecule has 0 saturated carbocycles. The fraction of sp³-hybridized carbons (Fsp3) is 0.0625. The summed E-state index contributed by atoms with van der Waals surface area (Å²) >= 11 is 5.90. The van der Waals surface area contributed by atoms with Crippen LogP contribution in [0.3, 0.4) is 0 Å². The first-order chi connectivity index (χ1) is 10.2. The number of anilines is 1. The van der Waals surface area contributed by atoms with Crippen molar-refractivity contribution in [3.8, 4) is 5.69 Å². The predicted octanol–water partition coefficient (Wildman–Crippen LogP) is 4.28. The Morgan fingerprint density at radius 3 is 2.86 bits per heavy atom. The summed E-state index contributed by atoms with van der Waals surface area (Å²) in [6.45, 7) is 0.359. The highest BCUT2D eigenvalue weighted by Crippen LogP contribution is 2.22. The number of nitrogens with one attached hydrogen (secondary N) is 1. The van der Waals surface area contributed by atoms with Crippen LogP contribution < -0.4 is 5.32 Å². The Balaban J connectivity index is 1.84. The zero-order valence-corrected chi connectivity index (χ0v) is 11.9. The van der Waals surface area contributed by atoms with Gasteiger partial charge in [0.2, 0.25) is 0 Å². The van der Waals surface area contributed by atoms with E-state index in [4.69, 9.17) is 11.6 Å². The van der Waals surface area contributed by atoms with E-state index < -0.39 is 0 Å². The van der Waals surface area contributed by atoms with Gasteiger partial charge in [-0.2, -0.15) is 0 Å². The van der Waals surface area contributed by atoms with Gasteiger partial charge in [-0.15, -0.1) is 0 Å². The molecule has 0 radical (unpaired) electrons. The third kappa shape index (κ3) is 3.06. The van der Waals surface area contributed by atoms with Gasteiger partial charge in [0.05, 0.1) is 17.7 Å². The second kappa shape index (κ2) is 5.97. The van der Waals surface area contributed by atoms with Gasteiger partial charge < -0.3 is 9.88 Å². The van der Waals surface area contributed by atoms with Crippen LogP contribution in [0.25, 0.3) is 5.69 Å². The molecular weight excluding hydrogens is 289 g/mol. The SMILES string of the molecule is Fc1ccc(Cl)cc1CNc1ccccc1-n1ccnc1. The summed E-state index contributed by atoms with van der Waals surface area (Å²) in [5, 5.41) is 3.76. The average molecular weight is 302 g/mol. The van der Waals surface area contributed by atoms with Crippen LogP contribution in [-0.2, 0) is 6.54 Å². The highest BCUT2D eigenvalue weighted by atomic mass is 35.5. The van der Waals surface area contributed by atoms with E-state index in [0.29, 0.717) is 17.1 Å². The number of aromatic nitrogens is 2. The molecule has 1 N–H and O–H groups in total. The molecule has 0 bridgehead atoms. The third-order valence-electron chi connectivity index (χ3n) is 3.16. The molecule has 0 aliphatic rings. The molecule has 0 unspecified atom stereocenters. The first-order valence-corrected chi connectivity index (χ1v) is 6.87. The first-order valence-electron chi connectivity index (χ1n) is 6.49. The van der Waals surface area contributed by atoms with Crippen LogP contribution >= 0.6 is 11.6 Å². The van der Waals surface area contributed by atoms with Crippen LogP contribution in [0.2, 0.25) is 5.02 Å². The van der Waals surface area contributed by atoms with Gasteiger partial charge in [0.15, 0.2) is 0 Å². The second-order valence-electron chi connectivity index (χ2n) is 4.58. The van der Waals surface area contributed by atoms with Gasteiger partial charge in [0.25, 0.3) is 0 Å². The molecule has 3 rings (SSSR count). The predicted molar refractivity (Wildman–Crippen MR) is 82.3 cm³/mol. The summed E-state index contributed by atoms with van der Waals surface area (Å²) in [4.78, 5) is 4.04. The lowest BCUT2D eigenvalue weighted by Crippen LogP contribution is -2.05. The van der Waals surface area contributed by atoms with Crippen molar-refractivity contribution < 1.29 is 4.39 Å². The number of para-hydroxylation sites is 2. The maximum Gasteiger partial charge on any atom is 0.128 e. The minimum Gasteiger partial charge on any atom is -0.379 e. The van der Waals surface area contributed by atoms with Crippen molar-refractivity contribution in [1.29, 1.82) is 0 Å². The van der Waals surface area contributed by atoms with E-state index in [0.717, 1.165) is 11.4 Å². The van der Waals surface area contributed by atoms with E-state index in [2.05, 4.69) is 10.3 Å². The van der Waals surface area contributed by atoms with Crippen LogP contribution in [0.1, 0.15) is 5.56 Å². The monoisotopic (exact) mass is 301 g/mol. The van der Waals surface area contributed by atoms with Crippen LogP contribution in [0.15, 0.2) is 61.2 Å². The Bertz CT molecular complexity index is 741. The molecule has 3 aromatic rings. The Morgan fingerprint density at radius 1 is 1.19 bits per heavy atom. The number of rotatable bonds is 4. The number of hydrogen-bond acceptors (Lipinski definition) is 2. The minimum absolute atomic E-state index is 0.271. The van der Waals surface area contributed by atoms with Crippen LogP contribution in [0.4, 0.5) is 10.1 Å². The summed E-state index contributed by atoms with van der Waals surface area (Å²) in [6, 6.07) is 12.3. The summed E-state index contributed by atoms with van der Waals surface area (Å²) in [7, 11) is 0. The topological polar surface area (TPSA) is 29.9 Å². The fourth-order valence-corrected chi connectivity index (χ4v) is 2.31. The molecular formula is C16H13ClFN3. The summed E-state index contributed by atoms with van der Waals surface area (Å²) in [6.07, 6.45) is 5.30. The number of hydrogen-bond donors (Lipinski definition) is 1. The zero-order valence-electron chi connectivity index (χ0n) is 11.1. The van der Waals surface area contributed by atoms with Crippen molar-refractivity contribution in [2.45, 2.75) is 6.54 Å². The van der Waals surface area contributed by atoms with E-state index >= 15 is 0 Å². The molecule has 3 nitrogen and oxygen atoms in total. The maximum absolute atomic E-state index is 13.7. The molecule has 1 aromatic heterocycles. The van der Waals surface area contributed by atoms with Crippen molar-refractivity contribution in [3.63, 3.8) is 0 Å². The largest absolute Gasteiger partial charge is 0.379 e. The molecule has 21 heavy (non-hydrogen) atoms. The van der Waals surface area contributed by atoms with Crippen LogP contribution in [0, 0.1) is 5.82 Å². The molecule has 5 heteroatoms. The Morgan fingerprint density at radius 2 is 2.05 bits per heavy atom. The normalized spacial score (nSPS) is 10.6. The number of halogens is 2. The summed E-state index contributed by atoms with van der Waals surface area (Å²) in [5.41, 5.74) is 2.38. The highest BCUT2D eigenvalue weighted by Gasteiger charge is 2.06. The average Bonchev–Trinajstić information content (AvgIpc) is 3.03. The molecule has 0 saturated heterocycles. The quantitative estimate of drug-likeness (QED) is 0.779. The van der Waals surface area contributed by atoms with E-state index in [1.165, 1.54) is 6.07 Å². The van der Waals surface area contributed by atoms with Crippen molar-refractivity contribution in [3.05, 3.63) is 77.6 Å².